The van der Waals surface area contributed by atoms with E-state index in [1.807, 2.05) is 17.9 Å². The summed E-state index contributed by atoms with van der Waals surface area (Å²) in [5.74, 6) is 1.18. The summed E-state index contributed by atoms with van der Waals surface area (Å²) in [5.41, 5.74) is 1.03. The van der Waals surface area contributed by atoms with Crippen molar-refractivity contribution in [2.75, 3.05) is 46.3 Å². The molecule has 2 N–H and O–H groups in total. The van der Waals surface area contributed by atoms with Gasteiger partial charge in [-0.3, -0.25) is 19.8 Å². The molecule has 0 radical (unpaired) electrons. The zero-order valence-electron chi connectivity index (χ0n) is 15.6. The SMILES string of the molecule is CN=C(NCc1ccn[nH]1)N1CCN(C(C)C(=O)N2CCCC2)CC1.I. The maximum atomic E-state index is 12.6. The summed E-state index contributed by atoms with van der Waals surface area (Å²) in [4.78, 5) is 23.5. The van der Waals surface area contributed by atoms with Crippen molar-refractivity contribution in [3.05, 3.63) is 18.0 Å². The van der Waals surface area contributed by atoms with Gasteiger partial charge < -0.3 is 15.1 Å². The first-order valence-corrected chi connectivity index (χ1v) is 9.15. The van der Waals surface area contributed by atoms with Crippen LogP contribution in [0.3, 0.4) is 0 Å². The molecule has 146 valence electrons. The highest BCUT2D eigenvalue weighted by Gasteiger charge is 2.30. The van der Waals surface area contributed by atoms with Crippen LogP contribution in [-0.4, -0.2) is 89.1 Å². The van der Waals surface area contributed by atoms with Crippen molar-refractivity contribution < 1.29 is 4.79 Å². The van der Waals surface area contributed by atoms with Gasteiger partial charge in [0.05, 0.1) is 18.3 Å². The lowest BCUT2D eigenvalue weighted by molar-refractivity contribution is -0.135. The number of halogens is 1. The zero-order valence-corrected chi connectivity index (χ0v) is 18.0. The van der Waals surface area contributed by atoms with Crippen molar-refractivity contribution in [1.29, 1.82) is 0 Å². The molecule has 9 heteroatoms. The molecule has 0 spiro atoms. The summed E-state index contributed by atoms with van der Waals surface area (Å²) < 4.78 is 0. The molecule has 26 heavy (non-hydrogen) atoms. The van der Waals surface area contributed by atoms with Crippen LogP contribution in [0.25, 0.3) is 0 Å². The van der Waals surface area contributed by atoms with Crippen molar-refractivity contribution >= 4 is 35.8 Å². The topological polar surface area (TPSA) is 79.9 Å². The van der Waals surface area contributed by atoms with E-state index < -0.39 is 0 Å². The fourth-order valence-electron chi connectivity index (χ4n) is 3.57. The second kappa shape index (κ2) is 10.1. The number of hydrogen-bond acceptors (Lipinski definition) is 4. The van der Waals surface area contributed by atoms with Gasteiger partial charge in [-0.05, 0) is 25.8 Å². The Bertz CT molecular complexity index is 578. The number of aromatic nitrogens is 2. The Hall–Kier alpha value is -1.36. The van der Waals surface area contributed by atoms with E-state index in [1.54, 1.807) is 13.2 Å². The quantitative estimate of drug-likeness (QED) is 0.382. The van der Waals surface area contributed by atoms with Crippen molar-refractivity contribution in [3.8, 4) is 0 Å². The van der Waals surface area contributed by atoms with Crippen LogP contribution >= 0.6 is 24.0 Å². The molecular weight excluding hydrogens is 445 g/mol. The molecule has 1 aromatic rings. The minimum Gasteiger partial charge on any atom is -0.351 e. The van der Waals surface area contributed by atoms with E-state index in [0.717, 1.165) is 63.8 Å². The molecule has 0 aliphatic carbocycles. The molecule has 3 heterocycles. The van der Waals surface area contributed by atoms with Crippen molar-refractivity contribution in [2.45, 2.75) is 32.4 Å². The summed E-state index contributed by atoms with van der Waals surface area (Å²) in [6, 6.07) is 1.92. The third-order valence-electron chi connectivity index (χ3n) is 5.14. The van der Waals surface area contributed by atoms with Crippen LogP contribution < -0.4 is 5.32 Å². The van der Waals surface area contributed by atoms with Gasteiger partial charge in [0.2, 0.25) is 5.91 Å². The van der Waals surface area contributed by atoms with E-state index in [1.165, 1.54) is 0 Å². The highest BCUT2D eigenvalue weighted by molar-refractivity contribution is 14.0. The number of amides is 1. The maximum absolute atomic E-state index is 12.6. The monoisotopic (exact) mass is 475 g/mol. The molecule has 2 fully saturated rings. The molecule has 2 aliphatic heterocycles. The largest absolute Gasteiger partial charge is 0.351 e. The Morgan fingerprint density at radius 3 is 2.50 bits per heavy atom. The molecule has 2 saturated heterocycles. The number of H-pyrrole nitrogens is 1. The first-order chi connectivity index (χ1) is 12.2. The van der Waals surface area contributed by atoms with Crippen LogP contribution in [0.4, 0.5) is 0 Å². The second-order valence-corrected chi connectivity index (χ2v) is 6.71. The first kappa shape index (κ1) is 20.9. The van der Waals surface area contributed by atoms with Crippen LogP contribution in [0.15, 0.2) is 17.3 Å². The number of rotatable bonds is 4. The molecule has 0 aromatic carbocycles. The fourth-order valence-corrected chi connectivity index (χ4v) is 3.57. The summed E-state index contributed by atoms with van der Waals surface area (Å²) in [6.45, 7) is 8.08. The van der Waals surface area contributed by atoms with E-state index in [0.29, 0.717) is 6.54 Å². The highest BCUT2D eigenvalue weighted by atomic mass is 127. The normalized spacial score (nSPS) is 20.0. The Balaban J connectivity index is 0.00000243. The number of hydrogen-bond donors (Lipinski definition) is 2. The molecule has 0 saturated carbocycles. The molecule has 1 amide bonds. The average molecular weight is 475 g/mol. The third kappa shape index (κ3) is 5.09. The Morgan fingerprint density at radius 1 is 1.23 bits per heavy atom. The molecule has 1 unspecified atom stereocenters. The smallest absolute Gasteiger partial charge is 0.239 e. The number of nitrogens with one attached hydrogen (secondary N) is 2. The molecule has 1 aromatic heterocycles. The molecule has 8 nitrogen and oxygen atoms in total. The summed E-state index contributed by atoms with van der Waals surface area (Å²) in [5, 5.41) is 10.3. The van der Waals surface area contributed by atoms with Crippen LogP contribution in [0.2, 0.25) is 0 Å². The van der Waals surface area contributed by atoms with E-state index in [9.17, 15) is 4.79 Å². The predicted octanol–water partition coefficient (Wildman–Crippen LogP) is 0.732. The number of carbonyl (C=O) groups is 1. The van der Waals surface area contributed by atoms with Crippen LogP contribution in [-0.2, 0) is 11.3 Å². The molecule has 1 atom stereocenters. The van der Waals surface area contributed by atoms with E-state index >= 15 is 0 Å². The lowest BCUT2D eigenvalue weighted by Gasteiger charge is -2.39. The van der Waals surface area contributed by atoms with Gasteiger partial charge in [-0.2, -0.15) is 5.10 Å². The molecule has 2 aliphatic rings. The maximum Gasteiger partial charge on any atom is 0.239 e. The molecule has 3 rings (SSSR count). The number of guanidine groups is 1. The van der Waals surface area contributed by atoms with Gasteiger partial charge in [-0.15, -0.1) is 24.0 Å². The van der Waals surface area contributed by atoms with E-state index in [-0.39, 0.29) is 35.9 Å². The molecular formula is C17H30IN7O. The fraction of sp³-hybridized carbons (Fsp3) is 0.706. The summed E-state index contributed by atoms with van der Waals surface area (Å²) >= 11 is 0. The van der Waals surface area contributed by atoms with Crippen LogP contribution in [0, 0.1) is 0 Å². The van der Waals surface area contributed by atoms with Gasteiger partial charge in [0.15, 0.2) is 5.96 Å². The van der Waals surface area contributed by atoms with Gasteiger partial charge >= 0.3 is 0 Å². The van der Waals surface area contributed by atoms with E-state index in [4.69, 9.17) is 0 Å². The highest BCUT2D eigenvalue weighted by Crippen LogP contribution is 2.14. The predicted molar refractivity (Wildman–Crippen MR) is 113 cm³/mol. The van der Waals surface area contributed by atoms with Gasteiger partial charge in [-0.1, -0.05) is 0 Å². The van der Waals surface area contributed by atoms with Crippen LogP contribution in [0.1, 0.15) is 25.5 Å². The van der Waals surface area contributed by atoms with Crippen molar-refractivity contribution in [3.63, 3.8) is 0 Å². The van der Waals surface area contributed by atoms with Crippen LogP contribution in [0.5, 0.6) is 0 Å². The number of piperazine rings is 1. The minimum absolute atomic E-state index is 0. The average Bonchev–Trinajstić information content (AvgIpc) is 3.35. The number of nitrogens with zero attached hydrogens (tertiary/aromatic N) is 5. The standard InChI is InChI=1S/C17H29N7O.HI/c1-14(16(25)23-7-3-4-8-23)22-9-11-24(12-10-22)17(18-2)19-13-15-5-6-20-21-15;/h5-6,14H,3-4,7-13H2,1-2H3,(H,18,19)(H,20,21);1H. The van der Waals surface area contributed by atoms with Gasteiger partial charge in [0.25, 0.3) is 0 Å². The lowest BCUT2D eigenvalue weighted by atomic mass is 10.2. The zero-order chi connectivity index (χ0) is 17.6. The number of aromatic amines is 1. The summed E-state index contributed by atoms with van der Waals surface area (Å²) in [7, 11) is 1.81. The number of carbonyl (C=O) groups excluding carboxylic acids is 1. The lowest BCUT2D eigenvalue weighted by Crippen LogP contribution is -2.57. The minimum atomic E-state index is -0.0276. The second-order valence-electron chi connectivity index (χ2n) is 6.71. The van der Waals surface area contributed by atoms with Gasteiger partial charge in [0, 0.05) is 52.5 Å². The van der Waals surface area contributed by atoms with Gasteiger partial charge in [-0.25, -0.2) is 0 Å². The number of aliphatic imine (C=N–C) groups is 1. The Labute approximate surface area is 172 Å². The van der Waals surface area contributed by atoms with Crippen molar-refractivity contribution in [1.82, 2.24) is 30.2 Å². The molecule has 0 bridgehead atoms. The summed E-state index contributed by atoms with van der Waals surface area (Å²) in [6.07, 6.45) is 4.03. The first-order valence-electron chi connectivity index (χ1n) is 9.15. The Morgan fingerprint density at radius 2 is 1.92 bits per heavy atom. The van der Waals surface area contributed by atoms with Gasteiger partial charge in [0.1, 0.15) is 0 Å². The third-order valence-corrected chi connectivity index (χ3v) is 5.14. The van der Waals surface area contributed by atoms with E-state index in [2.05, 4.69) is 30.3 Å². The number of likely N-dealkylation sites (tertiary alicyclic amines) is 1. The Kier molecular flexibility index (Phi) is 8.14. The van der Waals surface area contributed by atoms with Crippen molar-refractivity contribution in [2.24, 2.45) is 4.99 Å².